The van der Waals surface area contributed by atoms with E-state index in [1.165, 1.54) is 25.7 Å². The van der Waals surface area contributed by atoms with E-state index < -0.39 is 0 Å². The van der Waals surface area contributed by atoms with Gasteiger partial charge in [0.15, 0.2) is 0 Å². The molecule has 1 aliphatic carbocycles. The molecule has 94 valence electrons. The van der Waals surface area contributed by atoms with E-state index in [0.717, 1.165) is 34.9 Å². The average molecular weight is 242 g/mol. The molecule has 0 saturated heterocycles. The monoisotopic (exact) mass is 242 g/mol. The molecular weight excluding hydrogens is 224 g/mol. The van der Waals surface area contributed by atoms with Crippen molar-refractivity contribution in [2.45, 2.75) is 25.7 Å². The van der Waals surface area contributed by atoms with Crippen molar-refractivity contribution in [3.63, 3.8) is 0 Å². The zero-order valence-corrected chi connectivity index (χ0v) is 10.4. The highest BCUT2D eigenvalue weighted by Crippen LogP contribution is 2.29. The molecule has 3 rings (SSSR count). The van der Waals surface area contributed by atoms with E-state index in [1.807, 2.05) is 24.3 Å². The van der Waals surface area contributed by atoms with Gasteiger partial charge in [0.25, 0.3) is 0 Å². The van der Waals surface area contributed by atoms with Crippen LogP contribution < -0.4 is 10.5 Å². The largest absolute Gasteiger partial charge is 0.493 e. The third kappa shape index (κ3) is 2.26. The van der Waals surface area contributed by atoms with Crippen LogP contribution in [0.15, 0.2) is 30.5 Å². The fourth-order valence-corrected chi connectivity index (χ4v) is 2.65. The van der Waals surface area contributed by atoms with E-state index in [4.69, 9.17) is 10.5 Å². The minimum absolute atomic E-state index is 0.724. The fraction of sp³-hybridized carbons (Fsp3) is 0.400. The molecule has 2 aromatic rings. The maximum atomic E-state index is 5.96. The van der Waals surface area contributed by atoms with Crippen molar-refractivity contribution in [1.29, 1.82) is 0 Å². The number of nitrogens with zero attached hydrogens (tertiary/aromatic N) is 1. The summed E-state index contributed by atoms with van der Waals surface area (Å²) in [6.07, 6.45) is 7.08. The van der Waals surface area contributed by atoms with Crippen LogP contribution in [0.4, 0.5) is 5.69 Å². The molecule has 1 aliphatic rings. The molecule has 0 aliphatic heterocycles. The molecule has 1 aromatic carbocycles. The van der Waals surface area contributed by atoms with Gasteiger partial charge in [0, 0.05) is 17.3 Å². The van der Waals surface area contributed by atoms with Gasteiger partial charge in [-0.1, -0.05) is 12.8 Å². The first-order chi connectivity index (χ1) is 8.83. The molecule has 1 heterocycles. The van der Waals surface area contributed by atoms with E-state index >= 15 is 0 Å². The van der Waals surface area contributed by atoms with E-state index in [2.05, 4.69) is 4.98 Å². The molecule has 0 spiro atoms. The van der Waals surface area contributed by atoms with Crippen LogP contribution in [-0.4, -0.2) is 11.6 Å². The van der Waals surface area contributed by atoms with Gasteiger partial charge < -0.3 is 10.5 Å². The Kier molecular flexibility index (Phi) is 3.05. The fourth-order valence-electron chi connectivity index (χ4n) is 2.65. The highest BCUT2D eigenvalue weighted by molar-refractivity contribution is 5.87. The van der Waals surface area contributed by atoms with Crippen LogP contribution in [0.3, 0.4) is 0 Å². The molecule has 0 atom stereocenters. The lowest BCUT2D eigenvalue weighted by Gasteiger charge is -2.13. The summed E-state index contributed by atoms with van der Waals surface area (Å²) in [5.41, 5.74) is 7.41. The first-order valence-corrected chi connectivity index (χ1v) is 6.60. The summed E-state index contributed by atoms with van der Waals surface area (Å²) in [6.45, 7) is 0.823. The molecule has 2 N–H and O–H groups in total. The number of anilines is 1. The molecule has 0 amide bonds. The number of benzene rings is 1. The second kappa shape index (κ2) is 4.84. The van der Waals surface area contributed by atoms with E-state index in [0.29, 0.717) is 0 Å². The molecule has 1 aromatic heterocycles. The Morgan fingerprint density at radius 3 is 2.89 bits per heavy atom. The summed E-state index contributed by atoms with van der Waals surface area (Å²) < 4.78 is 5.96. The SMILES string of the molecule is Nc1ccc2c(OCC3CCCC3)ccnc2c1. The maximum absolute atomic E-state index is 5.96. The molecule has 0 bridgehead atoms. The van der Waals surface area contributed by atoms with E-state index in [-0.39, 0.29) is 0 Å². The van der Waals surface area contributed by atoms with Crippen molar-refractivity contribution >= 4 is 16.6 Å². The molecule has 1 saturated carbocycles. The van der Waals surface area contributed by atoms with Crippen LogP contribution in [0.5, 0.6) is 5.75 Å². The Labute approximate surface area is 107 Å². The van der Waals surface area contributed by atoms with E-state index in [1.54, 1.807) is 6.20 Å². The molecule has 0 radical (unpaired) electrons. The minimum atomic E-state index is 0.724. The third-order valence-electron chi connectivity index (χ3n) is 3.68. The maximum Gasteiger partial charge on any atom is 0.130 e. The number of rotatable bonds is 3. The zero-order valence-electron chi connectivity index (χ0n) is 10.4. The lowest BCUT2D eigenvalue weighted by Crippen LogP contribution is -2.08. The highest BCUT2D eigenvalue weighted by Gasteiger charge is 2.16. The predicted octanol–water partition coefficient (Wildman–Crippen LogP) is 3.39. The summed E-state index contributed by atoms with van der Waals surface area (Å²) in [7, 11) is 0. The summed E-state index contributed by atoms with van der Waals surface area (Å²) in [5.74, 6) is 1.65. The van der Waals surface area contributed by atoms with Gasteiger partial charge in [-0.3, -0.25) is 4.98 Å². The van der Waals surface area contributed by atoms with Crippen LogP contribution in [-0.2, 0) is 0 Å². The number of hydrogen-bond acceptors (Lipinski definition) is 3. The van der Waals surface area contributed by atoms with Gasteiger partial charge in [-0.15, -0.1) is 0 Å². The second-order valence-corrected chi connectivity index (χ2v) is 5.05. The number of ether oxygens (including phenoxy) is 1. The number of hydrogen-bond donors (Lipinski definition) is 1. The van der Waals surface area contributed by atoms with Crippen molar-refractivity contribution in [3.8, 4) is 5.75 Å². The van der Waals surface area contributed by atoms with E-state index in [9.17, 15) is 0 Å². The number of nitrogens with two attached hydrogens (primary N) is 1. The molecule has 0 unspecified atom stereocenters. The van der Waals surface area contributed by atoms with Crippen LogP contribution in [0.2, 0.25) is 0 Å². The predicted molar refractivity (Wildman–Crippen MR) is 73.6 cm³/mol. The van der Waals surface area contributed by atoms with Crippen molar-refractivity contribution in [2.24, 2.45) is 5.92 Å². The Hall–Kier alpha value is -1.77. The summed E-state index contributed by atoms with van der Waals surface area (Å²) in [5, 5.41) is 1.05. The lowest BCUT2D eigenvalue weighted by atomic mass is 10.1. The third-order valence-corrected chi connectivity index (χ3v) is 3.68. The molecule has 3 heteroatoms. The Morgan fingerprint density at radius 2 is 2.06 bits per heavy atom. The molecule has 3 nitrogen and oxygen atoms in total. The van der Waals surface area contributed by atoms with Crippen molar-refractivity contribution < 1.29 is 4.74 Å². The highest BCUT2D eigenvalue weighted by atomic mass is 16.5. The standard InChI is InChI=1S/C15H18N2O/c16-12-5-6-13-14(9-12)17-8-7-15(13)18-10-11-3-1-2-4-11/h5-9,11H,1-4,10,16H2. The summed E-state index contributed by atoms with van der Waals surface area (Å²) in [6, 6.07) is 7.71. The smallest absolute Gasteiger partial charge is 0.130 e. The quantitative estimate of drug-likeness (QED) is 0.839. The van der Waals surface area contributed by atoms with Gasteiger partial charge in [0.05, 0.1) is 12.1 Å². The first-order valence-electron chi connectivity index (χ1n) is 6.60. The Bertz CT molecular complexity index is 547. The van der Waals surface area contributed by atoms with Gasteiger partial charge in [-0.05, 0) is 43.0 Å². The zero-order chi connectivity index (χ0) is 12.4. The van der Waals surface area contributed by atoms with Crippen molar-refractivity contribution in [2.75, 3.05) is 12.3 Å². The van der Waals surface area contributed by atoms with Gasteiger partial charge >= 0.3 is 0 Å². The van der Waals surface area contributed by atoms with Crippen LogP contribution in [0.25, 0.3) is 10.9 Å². The average Bonchev–Trinajstić information content (AvgIpc) is 2.89. The summed E-state index contributed by atoms with van der Waals surface area (Å²) in [4.78, 5) is 4.32. The second-order valence-electron chi connectivity index (χ2n) is 5.05. The van der Waals surface area contributed by atoms with Crippen molar-refractivity contribution in [1.82, 2.24) is 4.98 Å². The van der Waals surface area contributed by atoms with Crippen LogP contribution >= 0.6 is 0 Å². The van der Waals surface area contributed by atoms with Gasteiger partial charge in [0.1, 0.15) is 5.75 Å². The van der Waals surface area contributed by atoms with Gasteiger partial charge in [-0.25, -0.2) is 0 Å². The number of fused-ring (bicyclic) bond motifs is 1. The van der Waals surface area contributed by atoms with Crippen LogP contribution in [0, 0.1) is 5.92 Å². The van der Waals surface area contributed by atoms with Gasteiger partial charge in [0.2, 0.25) is 0 Å². The van der Waals surface area contributed by atoms with Crippen LogP contribution in [0.1, 0.15) is 25.7 Å². The number of nitrogen functional groups attached to an aromatic ring is 1. The lowest BCUT2D eigenvalue weighted by molar-refractivity contribution is 0.254. The summed E-state index contributed by atoms with van der Waals surface area (Å²) >= 11 is 0. The van der Waals surface area contributed by atoms with Crippen molar-refractivity contribution in [3.05, 3.63) is 30.5 Å². The molecular formula is C15H18N2O. The minimum Gasteiger partial charge on any atom is -0.493 e. The Balaban J connectivity index is 1.82. The number of pyridine rings is 1. The molecule has 1 fully saturated rings. The first kappa shape index (κ1) is 11.3. The van der Waals surface area contributed by atoms with Gasteiger partial charge in [-0.2, -0.15) is 0 Å². The normalized spacial score (nSPS) is 16.2. The topological polar surface area (TPSA) is 48.1 Å². The number of aromatic nitrogens is 1. The Morgan fingerprint density at radius 1 is 1.22 bits per heavy atom. The molecule has 18 heavy (non-hydrogen) atoms.